The number of esters is 1. The van der Waals surface area contributed by atoms with Crippen LogP contribution >= 0.6 is 11.3 Å². The molecule has 0 fully saturated rings. The number of aromatic nitrogens is 4. The van der Waals surface area contributed by atoms with E-state index in [0.29, 0.717) is 27.6 Å². The predicted molar refractivity (Wildman–Crippen MR) is 110 cm³/mol. The lowest BCUT2D eigenvalue weighted by Crippen LogP contribution is -2.30. The van der Waals surface area contributed by atoms with E-state index in [1.54, 1.807) is 30.6 Å². The molecule has 1 atom stereocenters. The molecule has 29 heavy (non-hydrogen) atoms. The minimum atomic E-state index is -0.963. The van der Waals surface area contributed by atoms with Gasteiger partial charge in [0.15, 0.2) is 11.2 Å². The summed E-state index contributed by atoms with van der Waals surface area (Å²) in [6, 6.07) is 8.72. The first-order valence-corrected chi connectivity index (χ1v) is 9.72. The van der Waals surface area contributed by atoms with Gasteiger partial charge in [0.25, 0.3) is 5.91 Å². The summed E-state index contributed by atoms with van der Waals surface area (Å²) >= 11 is 1.31. The Morgan fingerprint density at radius 1 is 1.24 bits per heavy atom. The van der Waals surface area contributed by atoms with E-state index >= 15 is 0 Å². The number of fused-ring (bicyclic) bond motifs is 1. The Morgan fingerprint density at radius 2 is 2.10 bits per heavy atom. The molecule has 1 aromatic carbocycles. The van der Waals surface area contributed by atoms with Crippen LogP contribution in [0.5, 0.6) is 0 Å². The van der Waals surface area contributed by atoms with Crippen LogP contribution in [0.2, 0.25) is 0 Å². The second kappa shape index (κ2) is 7.80. The van der Waals surface area contributed by atoms with E-state index in [1.807, 2.05) is 24.4 Å². The standard InChI is InChI=1S/C20H17N5O3S/c1-11-10-29-20(22-11)25-18(26)12(2)28-19(27)13-5-6-15-16(8-13)24-17(23-15)14-4-3-7-21-9-14/h3-10,12H,1-2H3,(H,23,24)(H,22,25,26). The third-order valence-electron chi connectivity index (χ3n) is 4.15. The molecular formula is C20H17N5O3S. The van der Waals surface area contributed by atoms with E-state index in [2.05, 4.69) is 25.3 Å². The minimum absolute atomic E-state index is 0.323. The van der Waals surface area contributed by atoms with Gasteiger partial charge in [-0.2, -0.15) is 0 Å². The molecule has 0 aliphatic carbocycles. The highest BCUT2D eigenvalue weighted by Crippen LogP contribution is 2.21. The first-order chi connectivity index (χ1) is 14.0. The molecule has 0 aliphatic heterocycles. The number of carbonyl (C=O) groups is 2. The Labute approximate surface area is 170 Å². The van der Waals surface area contributed by atoms with Gasteiger partial charge in [0.05, 0.1) is 22.3 Å². The molecule has 0 saturated heterocycles. The molecule has 0 spiro atoms. The van der Waals surface area contributed by atoms with Gasteiger partial charge in [-0.3, -0.25) is 15.1 Å². The van der Waals surface area contributed by atoms with E-state index in [1.165, 1.54) is 18.3 Å². The number of H-pyrrole nitrogens is 1. The first kappa shape index (κ1) is 18.8. The van der Waals surface area contributed by atoms with Gasteiger partial charge in [-0.05, 0) is 44.2 Å². The van der Waals surface area contributed by atoms with Gasteiger partial charge in [0.2, 0.25) is 0 Å². The molecule has 4 aromatic rings. The van der Waals surface area contributed by atoms with Crippen molar-refractivity contribution < 1.29 is 14.3 Å². The number of ether oxygens (including phenoxy) is 1. The molecule has 2 N–H and O–H groups in total. The van der Waals surface area contributed by atoms with Crippen molar-refractivity contribution in [3.05, 3.63) is 59.4 Å². The second-order valence-electron chi connectivity index (χ2n) is 6.39. The van der Waals surface area contributed by atoms with E-state index in [9.17, 15) is 9.59 Å². The van der Waals surface area contributed by atoms with Crippen molar-refractivity contribution in [2.45, 2.75) is 20.0 Å². The van der Waals surface area contributed by atoms with Gasteiger partial charge in [-0.15, -0.1) is 11.3 Å². The molecule has 3 aromatic heterocycles. The molecule has 1 unspecified atom stereocenters. The number of thiazole rings is 1. The van der Waals surface area contributed by atoms with Gasteiger partial charge in [-0.25, -0.2) is 14.8 Å². The second-order valence-corrected chi connectivity index (χ2v) is 7.25. The SMILES string of the molecule is Cc1csc(NC(=O)C(C)OC(=O)c2ccc3nc(-c4cccnc4)[nH]c3c2)n1. The van der Waals surface area contributed by atoms with Crippen molar-refractivity contribution >= 4 is 39.4 Å². The quantitative estimate of drug-likeness (QED) is 0.490. The maximum absolute atomic E-state index is 12.5. The number of carbonyl (C=O) groups excluding carboxylic acids is 2. The zero-order valence-electron chi connectivity index (χ0n) is 15.7. The van der Waals surface area contributed by atoms with Crippen molar-refractivity contribution in [3.8, 4) is 11.4 Å². The third-order valence-corrected chi connectivity index (χ3v) is 5.03. The molecule has 146 valence electrons. The Bertz CT molecular complexity index is 1190. The van der Waals surface area contributed by atoms with Gasteiger partial charge in [0.1, 0.15) is 5.82 Å². The molecule has 4 rings (SSSR count). The Balaban J connectivity index is 1.47. The number of aryl methyl sites for hydroxylation is 1. The van der Waals surface area contributed by atoms with Crippen LogP contribution in [0.1, 0.15) is 23.0 Å². The van der Waals surface area contributed by atoms with Crippen LogP contribution in [0.25, 0.3) is 22.4 Å². The highest BCUT2D eigenvalue weighted by molar-refractivity contribution is 7.13. The average molecular weight is 407 g/mol. The lowest BCUT2D eigenvalue weighted by molar-refractivity contribution is -0.123. The number of hydrogen-bond acceptors (Lipinski definition) is 7. The van der Waals surface area contributed by atoms with Crippen LogP contribution in [0, 0.1) is 6.92 Å². The number of nitrogens with one attached hydrogen (secondary N) is 2. The Kier molecular flexibility index (Phi) is 5.05. The van der Waals surface area contributed by atoms with Crippen molar-refractivity contribution in [3.63, 3.8) is 0 Å². The van der Waals surface area contributed by atoms with Crippen LogP contribution in [-0.4, -0.2) is 37.9 Å². The number of imidazole rings is 1. The van der Waals surface area contributed by atoms with E-state index in [0.717, 1.165) is 11.3 Å². The van der Waals surface area contributed by atoms with Crippen molar-refractivity contribution in [2.24, 2.45) is 0 Å². The number of nitrogens with zero attached hydrogens (tertiary/aromatic N) is 3. The molecule has 0 bridgehead atoms. The molecule has 0 aliphatic rings. The lowest BCUT2D eigenvalue weighted by atomic mass is 10.2. The fraction of sp³-hybridized carbons (Fsp3) is 0.150. The predicted octanol–water partition coefficient (Wildman–Crippen LogP) is 3.57. The topological polar surface area (TPSA) is 110 Å². The van der Waals surface area contributed by atoms with Crippen LogP contribution < -0.4 is 5.32 Å². The van der Waals surface area contributed by atoms with Crippen molar-refractivity contribution in [1.82, 2.24) is 19.9 Å². The minimum Gasteiger partial charge on any atom is -0.449 e. The number of anilines is 1. The Hall–Kier alpha value is -3.59. The highest BCUT2D eigenvalue weighted by Gasteiger charge is 2.20. The Morgan fingerprint density at radius 3 is 2.83 bits per heavy atom. The van der Waals surface area contributed by atoms with Crippen LogP contribution in [0.3, 0.4) is 0 Å². The maximum Gasteiger partial charge on any atom is 0.338 e. The fourth-order valence-electron chi connectivity index (χ4n) is 2.68. The maximum atomic E-state index is 12.5. The fourth-order valence-corrected chi connectivity index (χ4v) is 3.37. The summed E-state index contributed by atoms with van der Waals surface area (Å²) in [5, 5.41) is 4.93. The highest BCUT2D eigenvalue weighted by atomic mass is 32.1. The molecule has 0 radical (unpaired) electrons. The number of pyridine rings is 1. The summed E-state index contributed by atoms with van der Waals surface area (Å²) in [6.45, 7) is 3.35. The molecule has 8 nitrogen and oxygen atoms in total. The van der Waals surface area contributed by atoms with Gasteiger partial charge >= 0.3 is 5.97 Å². The van der Waals surface area contributed by atoms with Gasteiger partial charge < -0.3 is 9.72 Å². The van der Waals surface area contributed by atoms with E-state index in [4.69, 9.17) is 4.74 Å². The number of amides is 1. The average Bonchev–Trinajstić information content (AvgIpc) is 3.33. The summed E-state index contributed by atoms with van der Waals surface area (Å²) in [4.78, 5) is 40.6. The number of hydrogen-bond donors (Lipinski definition) is 2. The first-order valence-electron chi connectivity index (χ1n) is 8.84. The van der Waals surface area contributed by atoms with E-state index < -0.39 is 18.0 Å². The summed E-state index contributed by atoms with van der Waals surface area (Å²) in [5.41, 5.74) is 3.38. The molecule has 3 heterocycles. The largest absolute Gasteiger partial charge is 0.449 e. The molecule has 1 amide bonds. The zero-order valence-corrected chi connectivity index (χ0v) is 16.5. The van der Waals surface area contributed by atoms with Crippen LogP contribution in [0.4, 0.5) is 5.13 Å². The summed E-state index contributed by atoms with van der Waals surface area (Å²) in [5.74, 6) is -0.373. The van der Waals surface area contributed by atoms with E-state index in [-0.39, 0.29) is 0 Å². The summed E-state index contributed by atoms with van der Waals surface area (Å²) in [6.07, 6.45) is 2.43. The normalized spacial score (nSPS) is 11.9. The lowest BCUT2D eigenvalue weighted by Gasteiger charge is -2.12. The number of benzene rings is 1. The molecule has 0 saturated carbocycles. The smallest absolute Gasteiger partial charge is 0.338 e. The van der Waals surface area contributed by atoms with Crippen LogP contribution in [0.15, 0.2) is 48.1 Å². The number of rotatable bonds is 5. The monoisotopic (exact) mass is 407 g/mol. The summed E-state index contributed by atoms with van der Waals surface area (Å²) < 4.78 is 5.30. The zero-order chi connectivity index (χ0) is 20.4. The molecular weight excluding hydrogens is 390 g/mol. The van der Waals surface area contributed by atoms with Gasteiger partial charge in [0, 0.05) is 23.3 Å². The van der Waals surface area contributed by atoms with Gasteiger partial charge in [-0.1, -0.05) is 0 Å². The van der Waals surface area contributed by atoms with Crippen LogP contribution in [-0.2, 0) is 9.53 Å². The summed E-state index contributed by atoms with van der Waals surface area (Å²) in [7, 11) is 0. The molecule has 9 heteroatoms. The third kappa shape index (κ3) is 4.14. The number of aromatic amines is 1. The van der Waals surface area contributed by atoms with Crippen molar-refractivity contribution in [1.29, 1.82) is 0 Å². The van der Waals surface area contributed by atoms with Crippen molar-refractivity contribution in [2.75, 3.05) is 5.32 Å².